The number of anilines is 1. The minimum Gasteiger partial charge on any atom is -0.385 e. The molecular weight excluding hydrogens is 276 g/mol. The van der Waals surface area contributed by atoms with Gasteiger partial charge in [0.05, 0.1) is 5.92 Å². The molecule has 22 heavy (non-hydrogen) atoms. The lowest BCUT2D eigenvalue weighted by Gasteiger charge is -2.32. The lowest BCUT2D eigenvalue weighted by atomic mass is 9.96. The molecule has 1 heterocycles. The highest BCUT2D eigenvalue weighted by Gasteiger charge is 2.25. The van der Waals surface area contributed by atoms with Crippen molar-refractivity contribution in [2.45, 2.75) is 32.1 Å². The summed E-state index contributed by atoms with van der Waals surface area (Å²) in [7, 11) is 1.75. The first-order valence-electron chi connectivity index (χ1n) is 8.37. The minimum atomic E-state index is 0.118. The first kappa shape index (κ1) is 17.0. The highest BCUT2D eigenvalue weighted by atomic mass is 16.5. The van der Waals surface area contributed by atoms with Crippen LogP contribution in [-0.2, 0) is 9.53 Å². The number of rotatable bonds is 8. The van der Waals surface area contributed by atoms with E-state index in [1.54, 1.807) is 7.11 Å². The molecule has 122 valence electrons. The Morgan fingerprint density at radius 3 is 2.86 bits per heavy atom. The number of benzene rings is 1. The van der Waals surface area contributed by atoms with Crippen LogP contribution in [0.3, 0.4) is 0 Å². The third-order valence-corrected chi connectivity index (χ3v) is 4.24. The molecule has 1 aromatic carbocycles. The molecular formula is C18H28N2O2. The van der Waals surface area contributed by atoms with Crippen LogP contribution in [0.5, 0.6) is 0 Å². The molecule has 0 unspecified atom stereocenters. The maximum absolute atomic E-state index is 12.4. The van der Waals surface area contributed by atoms with Crippen LogP contribution in [0, 0.1) is 5.92 Å². The topological polar surface area (TPSA) is 41.6 Å². The number of ether oxygens (including phenoxy) is 1. The number of carbonyl (C=O) groups excluding carboxylic acids is 1. The van der Waals surface area contributed by atoms with E-state index in [0.717, 1.165) is 51.2 Å². The van der Waals surface area contributed by atoms with Crippen molar-refractivity contribution in [1.29, 1.82) is 0 Å². The van der Waals surface area contributed by atoms with Gasteiger partial charge in [-0.15, -0.1) is 0 Å². The number of piperidine rings is 1. The largest absolute Gasteiger partial charge is 0.385 e. The number of likely N-dealkylation sites (tertiary alicyclic amines) is 1. The maximum Gasteiger partial charge on any atom is 0.228 e. The third-order valence-electron chi connectivity index (χ3n) is 4.24. The van der Waals surface area contributed by atoms with Crippen LogP contribution in [0.15, 0.2) is 30.3 Å². The lowest BCUT2D eigenvalue weighted by molar-refractivity contribution is -0.121. The molecule has 0 radical (unpaired) electrons. The van der Waals surface area contributed by atoms with Gasteiger partial charge in [-0.2, -0.15) is 0 Å². The zero-order chi connectivity index (χ0) is 15.6. The van der Waals surface area contributed by atoms with Gasteiger partial charge in [-0.25, -0.2) is 0 Å². The second kappa shape index (κ2) is 9.59. The van der Waals surface area contributed by atoms with Crippen molar-refractivity contribution in [2.24, 2.45) is 5.92 Å². The van der Waals surface area contributed by atoms with E-state index in [9.17, 15) is 4.79 Å². The van der Waals surface area contributed by atoms with Crippen molar-refractivity contribution < 1.29 is 9.53 Å². The zero-order valence-electron chi connectivity index (χ0n) is 13.6. The Morgan fingerprint density at radius 2 is 2.09 bits per heavy atom. The van der Waals surface area contributed by atoms with Crippen LogP contribution in [0.25, 0.3) is 0 Å². The first-order chi connectivity index (χ1) is 10.8. The number of nitrogens with one attached hydrogen (secondary N) is 1. The van der Waals surface area contributed by atoms with E-state index in [2.05, 4.69) is 10.2 Å². The summed E-state index contributed by atoms with van der Waals surface area (Å²) in [6, 6.07) is 9.73. The molecule has 1 amide bonds. The summed E-state index contributed by atoms with van der Waals surface area (Å²) < 4.78 is 5.07. The summed E-state index contributed by atoms with van der Waals surface area (Å²) in [6.07, 6.45) is 5.63. The number of nitrogens with zero attached hydrogens (tertiary/aromatic N) is 1. The van der Waals surface area contributed by atoms with E-state index >= 15 is 0 Å². The van der Waals surface area contributed by atoms with E-state index in [0.29, 0.717) is 0 Å². The van der Waals surface area contributed by atoms with Crippen molar-refractivity contribution in [3.8, 4) is 0 Å². The smallest absolute Gasteiger partial charge is 0.228 e. The van der Waals surface area contributed by atoms with Crippen molar-refractivity contribution in [3.63, 3.8) is 0 Å². The van der Waals surface area contributed by atoms with Gasteiger partial charge in [-0.3, -0.25) is 4.79 Å². The normalized spacial score (nSPS) is 19.0. The second-order valence-corrected chi connectivity index (χ2v) is 6.05. The number of unbranched alkanes of at least 4 members (excludes halogenated alkanes) is 2. The van der Waals surface area contributed by atoms with Crippen molar-refractivity contribution in [1.82, 2.24) is 4.90 Å². The average molecular weight is 304 g/mol. The van der Waals surface area contributed by atoms with Gasteiger partial charge in [0.2, 0.25) is 5.91 Å². The lowest BCUT2D eigenvalue weighted by Crippen LogP contribution is -2.41. The first-order valence-corrected chi connectivity index (χ1v) is 8.37. The molecule has 0 aromatic heterocycles. The summed E-state index contributed by atoms with van der Waals surface area (Å²) in [5.74, 6) is 0.281. The Kier molecular flexibility index (Phi) is 7.40. The van der Waals surface area contributed by atoms with Gasteiger partial charge < -0.3 is 15.0 Å². The second-order valence-electron chi connectivity index (χ2n) is 6.05. The minimum absolute atomic E-state index is 0.118. The molecule has 1 N–H and O–H groups in total. The predicted octanol–water partition coefficient (Wildman–Crippen LogP) is 3.15. The van der Waals surface area contributed by atoms with Crippen LogP contribution in [0.1, 0.15) is 32.1 Å². The van der Waals surface area contributed by atoms with Crippen molar-refractivity contribution in [2.75, 3.05) is 38.7 Å². The molecule has 4 heteroatoms. The number of amides is 1. The van der Waals surface area contributed by atoms with Gasteiger partial charge in [0, 0.05) is 25.9 Å². The van der Waals surface area contributed by atoms with Crippen LogP contribution in [0.2, 0.25) is 0 Å². The highest BCUT2D eigenvalue weighted by molar-refractivity contribution is 5.92. The molecule has 1 fully saturated rings. The quantitative estimate of drug-likeness (QED) is 0.750. The molecule has 1 aliphatic rings. The number of para-hydroxylation sites is 1. The fraction of sp³-hybridized carbons (Fsp3) is 0.611. The molecule has 1 saturated heterocycles. The molecule has 0 spiro atoms. The van der Waals surface area contributed by atoms with Gasteiger partial charge in [-0.1, -0.05) is 18.2 Å². The molecule has 1 aromatic rings. The molecule has 1 aliphatic heterocycles. The van der Waals surface area contributed by atoms with E-state index in [-0.39, 0.29) is 11.8 Å². The number of hydrogen-bond donors (Lipinski definition) is 1. The van der Waals surface area contributed by atoms with Gasteiger partial charge in [0.15, 0.2) is 0 Å². The summed E-state index contributed by atoms with van der Waals surface area (Å²) in [5.41, 5.74) is 0.893. The fourth-order valence-electron chi connectivity index (χ4n) is 3.00. The Balaban J connectivity index is 1.71. The Hall–Kier alpha value is -1.39. The monoisotopic (exact) mass is 304 g/mol. The Labute approximate surface area is 133 Å². The van der Waals surface area contributed by atoms with Gasteiger partial charge in [-0.05, 0) is 57.3 Å². The van der Waals surface area contributed by atoms with E-state index in [1.807, 2.05) is 30.3 Å². The third kappa shape index (κ3) is 5.78. The van der Waals surface area contributed by atoms with Crippen molar-refractivity contribution in [3.05, 3.63) is 30.3 Å². The van der Waals surface area contributed by atoms with E-state index in [4.69, 9.17) is 4.74 Å². The molecule has 0 bridgehead atoms. The van der Waals surface area contributed by atoms with Crippen molar-refractivity contribution >= 4 is 11.6 Å². The van der Waals surface area contributed by atoms with Gasteiger partial charge in [0.25, 0.3) is 0 Å². The van der Waals surface area contributed by atoms with E-state index in [1.165, 1.54) is 12.8 Å². The van der Waals surface area contributed by atoms with Crippen LogP contribution < -0.4 is 5.32 Å². The Morgan fingerprint density at radius 1 is 1.27 bits per heavy atom. The molecule has 2 rings (SSSR count). The number of carbonyl (C=O) groups is 1. The van der Waals surface area contributed by atoms with Crippen LogP contribution >= 0.6 is 0 Å². The fourth-order valence-corrected chi connectivity index (χ4v) is 3.00. The predicted molar refractivity (Wildman–Crippen MR) is 90.0 cm³/mol. The molecule has 1 atom stereocenters. The average Bonchev–Trinajstić information content (AvgIpc) is 2.56. The SMILES string of the molecule is COCCCCCN1CCC[C@@H](C(=O)Nc2ccccc2)C1. The highest BCUT2D eigenvalue weighted by Crippen LogP contribution is 2.19. The molecule has 4 nitrogen and oxygen atoms in total. The number of methoxy groups -OCH3 is 1. The summed E-state index contributed by atoms with van der Waals surface area (Å²) in [6.45, 7) is 3.96. The zero-order valence-corrected chi connectivity index (χ0v) is 13.6. The number of hydrogen-bond acceptors (Lipinski definition) is 3. The van der Waals surface area contributed by atoms with E-state index < -0.39 is 0 Å². The van der Waals surface area contributed by atoms with Gasteiger partial charge >= 0.3 is 0 Å². The van der Waals surface area contributed by atoms with Crippen LogP contribution in [-0.4, -0.2) is 44.2 Å². The summed E-state index contributed by atoms with van der Waals surface area (Å²) in [4.78, 5) is 14.8. The maximum atomic E-state index is 12.4. The van der Waals surface area contributed by atoms with Crippen LogP contribution in [0.4, 0.5) is 5.69 Å². The van der Waals surface area contributed by atoms with Gasteiger partial charge in [0.1, 0.15) is 0 Å². The summed E-state index contributed by atoms with van der Waals surface area (Å²) >= 11 is 0. The molecule has 0 saturated carbocycles. The molecule has 0 aliphatic carbocycles. The Bertz CT molecular complexity index is 436. The standard InChI is InChI=1S/C18H28N2O2/c1-22-14-7-3-6-12-20-13-8-9-16(15-20)18(21)19-17-10-4-2-5-11-17/h2,4-5,10-11,16H,3,6-9,12-15H2,1H3,(H,19,21)/t16-/m1/s1. The summed E-state index contributed by atoms with van der Waals surface area (Å²) in [5, 5.41) is 3.03.